The molecule has 0 radical (unpaired) electrons. The Labute approximate surface area is 125 Å². The minimum atomic E-state index is -0.0184. The first-order valence-corrected chi connectivity index (χ1v) is 8.16. The third kappa shape index (κ3) is 6.72. The Hall–Kier alpha value is -0.130. The van der Waals surface area contributed by atoms with Gasteiger partial charge in [0.25, 0.3) is 0 Å². The van der Waals surface area contributed by atoms with Crippen LogP contribution in [-0.2, 0) is 9.63 Å². The molecule has 1 saturated heterocycles. The molecule has 112 valence electrons. The Kier molecular flexibility index (Phi) is 6.27. The van der Waals surface area contributed by atoms with E-state index in [4.69, 9.17) is 4.84 Å². The van der Waals surface area contributed by atoms with E-state index in [-0.39, 0.29) is 23.1 Å². The summed E-state index contributed by atoms with van der Waals surface area (Å²) >= 11 is 3.36. The van der Waals surface area contributed by atoms with Crippen molar-refractivity contribution in [2.24, 2.45) is 0 Å². The second-order valence-electron chi connectivity index (χ2n) is 6.71. The number of amides is 1. The van der Waals surface area contributed by atoms with Gasteiger partial charge in [0.2, 0.25) is 5.91 Å². The van der Waals surface area contributed by atoms with Gasteiger partial charge in [-0.15, -0.1) is 0 Å². The molecule has 4 nitrogen and oxygen atoms in total. The van der Waals surface area contributed by atoms with Crippen LogP contribution in [0.15, 0.2) is 0 Å². The predicted molar refractivity (Wildman–Crippen MR) is 81.2 cm³/mol. The summed E-state index contributed by atoms with van der Waals surface area (Å²) in [7, 11) is 0. The van der Waals surface area contributed by atoms with Crippen molar-refractivity contribution in [2.45, 2.75) is 77.0 Å². The van der Waals surface area contributed by atoms with Gasteiger partial charge < -0.3 is 5.32 Å². The number of alkyl halides is 1. The fourth-order valence-electron chi connectivity index (χ4n) is 2.89. The molecule has 1 amide bonds. The quantitative estimate of drug-likeness (QED) is 0.446. The number of unbranched alkanes of at least 4 members (excludes halogenated alkanes) is 1. The van der Waals surface area contributed by atoms with Crippen LogP contribution in [0.4, 0.5) is 0 Å². The number of nitrogens with one attached hydrogen (secondary N) is 2. The Morgan fingerprint density at radius 3 is 2.37 bits per heavy atom. The molecular formula is C14H27BrN2O2. The third-order valence-corrected chi connectivity index (χ3v) is 3.84. The first kappa shape index (κ1) is 16.9. The van der Waals surface area contributed by atoms with E-state index in [0.717, 1.165) is 31.0 Å². The first-order chi connectivity index (χ1) is 8.74. The molecule has 19 heavy (non-hydrogen) atoms. The molecule has 0 atom stereocenters. The van der Waals surface area contributed by atoms with E-state index >= 15 is 0 Å². The van der Waals surface area contributed by atoms with Crippen molar-refractivity contribution in [3.63, 3.8) is 0 Å². The number of piperidine rings is 1. The lowest BCUT2D eigenvalue weighted by molar-refractivity contribution is -0.143. The van der Waals surface area contributed by atoms with Gasteiger partial charge in [-0.1, -0.05) is 15.9 Å². The first-order valence-electron chi connectivity index (χ1n) is 7.04. The van der Waals surface area contributed by atoms with Gasteiger partial charge in [-0.2, -0.15) is 0 Å². The lowest BCUT2D eigenvalue weighted by Gasteiger charge is -2.45. The predicted octanol–water partition coefficient (Wildman–Crippen LogP) is 2.91. The standard InChI is InChI=1S/C14H27BrN2O2/c1-13(2)9-11(10-14(3,4)17-13)19-16-12(18)7-5-6-8-15/h11,17H,5-10H2,1-4H3,(H,16,18). The Bertz CT molecular complexity index is 290. The average molecular weight is 335 g/mol. The number of hydrogen-bond acceptors (Lipinski definition) is 3. The van der Waals surface area contributed by atoms with Gasteiger partial charge >= 0.3 is 0 Å². The van der Waals surface area contributed by atoms with E-state index in [0.29, 0.717) is 6.42 Å². The number of hydroxylamine groups is 1. The van der Waals surface area contributed by atoms with E-state index in [1.54, 1.807) is 0 Å². The highest BCUT2D eigenvalue weighted by Crippen LogP contribution is 2.29. The third-order valence-electron chi connectivity index (χ3n) is 3.28. The SMILES string of the molecule is CC1(C)CC(ONC(=O)CCCCBr)CC(C)(C)N1. The monoisotopic (exact) mass is 334 g/mol. The topological polar surface area (TPSA) is 50.4 Å². The van der Waals surface area contributed by atoms with E-state index in [9.17, 15) is 4.79 Å². The molecule has 0 aliphatic carbocycles. The van der Waals surface area contributed by atoms with Crippen LogP contribution >= 0.6 is 15.9 Å². The van der Waals surface area contributed by atoms with E-state index in [1.165, 1.54) is 0 Å². The van der Waals surface area contributed by atoms with Crippen molar-refractivity contribution in [1.82, 2.24) is 10.8 Å². The average Bonchev–Trinajstić information content (AvgIpc) is 2.22. The molecule has 1 heterocycles. The van der Waals surface area contributed by atoms with Gasteiger partial charge in [0, 0.05) is 22.8 Å². The summed E-state index contributed by atoms with van der Waals surface area (Å²) < 4.78 is 0. The number of halogens is 1. The van der Waals surface area contributed by atoms with E-state index < -0.39 is 0 Å². The zero-order valence-corrected chi connectivity index (χ0v) is 14.1. The van der Waals surface area contributed by atoms with E-state index in [2.05, 4.69) is 54.4 Å². The molecule has 0 aromatic carbocycles. The van der Waals surface area contributed by atoms with Crippen LogP contribution in [0.25, 0.3) is 0 Å². The van der Waals surface area contributed by atoms with Gasteiger partial charge in [-0.05, 0) is 53.4 Å². The summed E-state index contributed by atoms with van der Waals surface area (Å²) in [6.07, 6.45) is 4.32. The Balaban J connectivity index is 2.34. The highest BCUT2D eigenvalue weighted by Gasteiger charge is 2.38. The van der Waals surface area contributed by atoms with Crippen LogP contribution in [-0.4, -0.2) is 28.4 Å². The zero-order valence-electron chi connectivity index (χ0n) is 12.5. The van der Waals surface area contributed by atoms with Crippen molar-refractivity contribution < 1.29 is 9.63 Å². The molecule has 1 fully saturated rings. The molecule has 2 N–H and O–H groups in total. The van der Waals surface area contributed by atoms with Gasteiger partial charge in [-0.25, -0.2) is 5.48 Å². The summed E-state index contributed by atoms with van der Waals surface area (Å²) in [5, 5.41) is 4.54. The highest BCUT2D eigenvalue weighted by molar-refractivity contribution is 9.09. The van der Waals surface area contributed by atoms with Crippen LogP contribution < -0.4 is 10.8 Å². The normalized spacial score (nSPS) is 22.2. The minimum Gasteiger partial charge on any atom is -0.307 e. The number of hydrogen-bond donors (Lipinski definition) is 2. The van der Waals surface area contributed by atoms with Crippen LogP contribution in [0, 0.1) is 0 Å². The van der Waals surface area contributed by atoms with Gasteiger partial charge in [0.1, 0.15) is 0 Å². The zero-order chi connectivity index (χ0) is 14.5. The highest BCUT2D eigenvalue weighted by atomic mass is 79.9. The Morgan fingerprint density at radius 2 is 1.84 bits per heavy atom. The molecule has 1 aliphatic heterocycles. The molecule has 1 rings (SSSR count). The molecule has 0 bridgehead atoms. The number of carbonyl (C=O) groups excluding carboxylic acids is 1. The van der Waals surface area contributed by atoms with Crippen molar-refractivity contribution in [1.29, 1.82) is 0 Å². The van der Waals surface area contributed by atoms with Crippen LogP contribution in [0.5, 0.6) is 0 Å². The smallest absolute Gasteiger partial charge is 0.243 e. The molecule has 0 spiro atoms. The van der Waals surface area contributed by atoms with Crippen LogP contribution in [0.2, 0.25) is 0 Å². The van der Waals surface area contributed by atoms with Crippen molar-refractivity contribution in [2.75, 3.05) is 5.33 Å². The maximum atomic E-state index is 11.6. The van der Waals surface area contributed by atoms with Gasteiger partial charge in [-0.3, -0.25) is 9.63 Å². The van der Waals surface area contributed by atoms with Gasteiger partial charge in [0.15, 0.2) is 0 Å². The summed E-state index contributed by atoms with van der Waals surface area (Å²) in [5.41, 5.74) is 2.67. The van der Waals surface area contributed by atoms with Crippen LogP contribution in [0.1, 0.15) is 59.8 Å². The largest absolute Gasteiger partial charge is 0.307 e. The molecule has 1 aliphatic rings. The summed E-state index contributed by atoms with van der Waals surface area (Å²) in [6.45, 7) is 8.67. The maximum Gasteiger partial charge on any atom is 0.243 e. The second-order valence-corrected chi connectivity index (χ2v) is 7.51. The molecule has 0 aromatic rings. The summed E-state index contributed by atoms with van der Waals surface area (Å²) in [4.78, 5) is 17.2. The van der Waals surface area contributed by atoms with E-state index in [1.807, 2.05) is 0 Å². The lowest BCUT2D eigenvalue weighted by Crippen LogP contribution is -2.60. The molecule has 0 aromatic heterocycles. The number of rotatable bonds is 6. The second kappa shape index (κ2) is 7.04. The van der Waals surface area contributed by atoms with Crippen molar-refractivity contribution in [3.8, 4) is 0 Å². The summed E-state index contributed by atoms with van der Waals surface area (Å²) in [6, 6.07) is 0. The van der Waals surface area contributed by atoms with Crippen molar-refractivity contribution >= 4 is 21.8 Å². The molecule has 5 heteroatoms. The van der Waals surface area contributed by atoms with Crippen LogP contribution in [0.3, 0.4) is 0 Å². The Morgan fingerprint density at radius 1 is 1.26 bits per heavy atom. The molecule has 0 saturated carbocycles. The minimum absolute atomic E-state index is 0.0184. The van der Waals surface area contributed by atoms with Crippen molar-refractivity contribution in [3.05, 3.63) is 0 Å². The van der Waals surface area contributed by atoms with Gasteiger partial charge in [0.05, 0.1) is 6.10 Å². The fraction of sp³-hybridized carbons (Fsp3) is 0.929. The molecular weight excluding hydrogens is 308 g/mol. The fourth-order valence-corrected chi connectivity index (χ4v) is 3.29. The molecule has 0 unspecified atom stereocenters. The lowest BCUT2D eigenvalue weighted by atomic mass is 9.81. The maximum absolute atomic E-state index is 11.6. The number of carbonyl (C=O) groups is 1. The summed E-state index contributed by atoms with van der Waals surface area (Å²) in [5.74, 6) is -0.0184.